The highest BCUT2D eigenvalue weighted by Crippen LogP contribution is 2.33. The Hall–Kier alpha value is -1.66. The number of allylic oxidation sites excluding steroid dienone is 1. The normalized spacial score (nSPS) is 10.0. The van der Waals surface area contributed by atoms with Crippen LogP contribution < -0.4 is 9.47 Å². The first kappa shape index (κ1) is 11.4. The molecule has 15 heavy (non-hydrogen) atoms. The highest BCUT2D eigenvalue weighted by Gasteiger charge is 2.07. The van der Waals surface area contributed by atoms with Crippen molar-refractivity contribution < 1.29 is 9.47 Å². The van der Waals surface area contributed by atoms with E-state index >= 15 is 0 Å². The molecule has 0 N–H and O–H groups in total. The van der Waals surface area contributed by atoms with Gasteiger partial charge in [-0.3, -0.25) is 0 Å². The van der Waals surface area contributed by atoms with Gasteiger partial charge in [0.05, 0.1) is 25.3 Å². The van der Waals surface area contributed by atoms with Crippen LogP contribution in [-0.2, 0) is 0 Å². The third kappa shape index (κ3) is 2.64. The predicted octanol–water partition coefficient (Wildman–Crippen LogP) is 2.89. The number of nitriles is 1. The minimum absolute atomic E-state index is 0.513. The number of hydrogen-bond acceptors (Lipinski definition) is 3. The third-order valence-electron chi connectivity index (χ3n) is 1.84. The van der Waals surface area contributed by atoms with Gasteiger partial charge >= 0.3 is 0 Å². The van der Waals surface area contributed by atoms with Crippen molar-refractivity contribution in [3.8, 4) is 17.6 Å². The van der Waals surface area contributed by atoms with Crippen LogP contribution in [0, 0.1) is 11.3 Å². The molecule has 1 aromatic rings. The number of methoxy groups -OCH3 is 2. The second-order valence-electron chi connectivity index (χ2n) is 2.69. The van der Waals surface area contributed by atoms with Crippen LogP contribution in [0.3, 0.4) is 0 Å². The van der Waals surface area contributed by atoms with E-state index in [1.165, 1.54) is 6.08 Å². The predicted molar refractivity (Wildman–Crippen MR) is 59.2 cm³/mol. The Balaban J connectivity index is 3.20. The monoisotopic (exact) mass is 223 g/mol. The Morgan fingerprint density at radius 1 is 1.27 bits per heavy atom. The molecule has 0 unspecified atom stereocenters. The van der Waals surface area contributed by atoms with E-state index in [-0.39, 0.29) is 0 Å². The fraction of sp³-hybridized carbons (Fsp3) is 0.182. The molecule has 1 aromatic carbocycles. The van der Waals surface area contributed by atoms with Crippen LogP contribution in [0.1, 0.15) is 5.56 Å². The van der Waals surface area contributed by atoms with Crippen LogP contribution in [-0.4, -0.2) is 14.2 Å². The van der Waals surface area contributed by atoms with Gasteiger partial charge in [-0.25, -0.2) is 0 Å². The maximum atomic E-state index is 8.41. The van der Waals surface area contributed by atoms with Gasteiger partial charge in [0.15, 0.2) is 11.5 Å². The van der Waals surface area contributed by atoms with Crippen LogP contribution >= 0.6 is 11.6 Å². The second kappa shape index (κ2) is 5.28. The lowest BCUT2D eigenvalue weighted by atomic mass is 10.2. The Bertz CT molecular complexity index is 421. The Morgan fingerprint density at radius 2 is 1.87 bits per heavy atom. The molecule has 0 aliphatic heterocycles. The molecular weight excluding hydrogens is 214 g/mol. The van der Waals surface area contributed by atoms with Gasteiger partial charge in [0, 0.05) is 12.1 Å². The molecule has 4 heteroatoms. The fourth-order valence-corrected chi connectivity index (χ4v) is 1.34. The zero-order valence-electron chi connectivity index (χ0n) is 8.45. The number of ether oxygens (including phenoxy) is 2. The molecule has 0 aromatic heterocycles. The molecule has 0 spiro atoms. The van der Waals surface area contributed by atoms with Gasteiger partial charge in [-0.05, 0) is 17.7 Å². The van der Waals surface area contributed by atoms with Crippen LogP contribution in [0.5, 0.6) is 11.5 Å². The van der Waals surface area contributed by atoms with Gasteiger partial charge in [-0.1, -0.05) is 11.6 Å². The van der Waals surface area contributed by atoms with E-state index in [0.717, 1.165) is 5.56 Å². The number of rotatable bonds is 3. The molecule has 0 atom stereocenters. The molecule has 0 saturated carbocycles. The largest absolute Gasteiger partial charge is 0.493 e. The summed E-state index contributed by atoms with van der Waals surface area (Å²) in [5.41, 5.74) is 0.718. The number of benzene rings is 1. The van der Waals surface area contributed by atoms with Gasteiger partial charge in [0.25, 0.3) is 0 Å². The Morgan fingerprint density at radius 3 is 2.40 bits per heavy atom. The molecule has 0 amide bonds. The standard InChI is InChI=1S/C11H10ClNO2/c1-14-10-6-8(4-3-5-13)9(12)7-11(10)15-2/h3-4,6-7H,1-2H3/b4-3+. The van der Waals surface area contributed by atoms with E-state index < -0.39 is 0 Å². The number of nitrogens with zero attached hydrogens (tertiary/aromatic N) is 1. The summed E-state index contributed by atoms with van der Waals surface area (Å²) >= 11 is 5.98. The zero-order chi connectivity index (χ0) is 11.3. The maximum Gasteiger partial charge on any atom is 0.162 e. The van der Waals surface area contributed by atoms with Gasteiger partial charge in [-0.15, -0.1) is 0 Å². The molecular formula is C11H10ClNO2. The summed E-state index contributed by atoms with van der Waals surface area (Å²) < 4.78 is 10.2. The molecule has 0 heterocycles. The lowest BCUT2D eigenvalue weighted by Gasteiger charge is -2.09. The van der Waals surface area contributed by atoms with Crippen molar-refractivity contribution in [1.29, 1.82) is 5.26 Å². The molecule has 0 aliphatic carbocycles. The summed E-state index contributed by atoms with van der Waals surface area (Å²) in [4.78, 5) is 0. The number of hydrogen-bond donors (Lipinski definition) is 0. The van der Waals surface area contributed by atoms with Crippen LogP contribution in [0.2, 0.25) is 5.02 Å². The lowest BCUT2D eigenvalue weighted by Crippen LogP contribution is -1.91. The first-order valence-electron chi connectivity index (χ1n) is 4.20. The van der Waals surface area contributed by atoms with Crippen LogP contribution in [0.25, 0.3) is 6.08 Å². The molecule has 78 valence electrons. The van der Waals surface area contributed by atoms with E-state index in [0.29, 0.717) is 16.5 Å². The van der Waals surface area contributed by atoms with Crippen molar-refractivity contribution in [2.75, 3.05) is 14.2 Å². The van der Waals surface area contributed by atoms with E-state index in [4.69, 9.17) is 26.3 Å². The van der Waals surface area contributed by atoms with Crippen LogP contribution in [0.15, 0.2) is 18.2 Å². The van der Waals surface area contributed by atoms with Crippen LogP contribution in [0.4, 0.5) is 0 Å². The summed E-state index contributed by atoms with van der Waals surface area (Å²) in [7, 11) is 3.09. The summed E-state index contributed by atoms with van der Waals surface area (Å²) in [5.74, 6) is 1.15. The first-order valence-corrected chi connectivity index (χ1v) is 4.58. The molecule has 3 nitrogen and oxygen atoms in total. The van der Waals surface area contributed by atoms with Crippen molar-refractivity contribution in [1.82, 2.24) is 0 Å². The average molecular weight is 224 g/mol. The summed E-state index contributed by atoms with van der Waals surface area (Å²) in [5, 5.41) is 8.92. The smallest absolute Gasteiger partial charge is 0.162 e. The third-order valence-corrected chi connectivity index (χ3v) is 2.17. The van der Waals surface area contributed by atoms with E-state index in [9.17, 15) is 0 Å². The maximum absolute atomic E-state index is 8.41. The average Bonchev–Trinajstić information content (AvgIpc) is 2.27. The minimum atomic E-state index is 0.513. The van der Waals surface area contributed by atoms with Gasteiger partial charge in [-0.2, -0.15) is 5.26 Å². The topological polar surface area (TPSA) is 42.2 Å². The molecule has 0 aliphatic rings. The fourth-order valence-electron chi connectivity index (χ4n) is 1.12. The highest BCUT2D eigenvalue weighted by atomic mass is 35.5. The Labute approximate surface area is 93.5 Å². The van der Waals surface area contributed by atoms with E-state index in [2.05, 4.69) is 0 Å². The van der Waals surface area contributed by atoms with Gasteiger partial charge in [0.1, 0.15) is 0 Å². The van der Waals surface area contributed by atoms with Crippen molar-refractivity contribution in [2.45, 2.75) is 0 Å². The molecule has 0 bridgehead atoms. The van der Waals surface area contributed by atoms with Crippen molar-refractivity contribution in [3.63, 3.8) is 0 Å². The van der Waals surface area contributed by atoms with Crippen molar-refractivity contribution in [2.24, 2.45) is 0 Å². The first-order chi connectivity index (χ1) is 7.22. The zero-order valence-corrected chi connectivity index (χ0v) is 9.21. The molecule has 0 radical (unpaired) electrons. The highest BCUT2D eigenvalue weighted by molar-refractivity contribution is 6.32. The Kier molecular flexibility index (Phi) is 4.02. The quantitative estimate of drug-likeness (QED) is 0.740. The molecule has 1 rings (SSSR count). The summed E-state index contributed by atoms with van der Waals surface area (Å²) in [6.07, 6.45) is 2.97. The summed E-state index contributed by atoms with van der Waals surface area (Å²) in [6.45, 7) is 0. The SMILES string of the molecule is COc1cc(Cl)c(/C=C/C#N)cc1OC. The molecule has 0 saturated heterocycles. The summed E-state index contributed by atoms with van der Waals surface area (Å²) in [6, 6.07) is 5.27. The lowest BCUT2D eigenvalue weighted by molar-refractivity contribution is 0.355. The number of halogens is 1. The van der Waals surface area contributed by atoms with Crippen molar-refractivity contribution >= 4 is 17.7 Å². The second-order valence-corrected chi connectivity index (χ2v) is 3.10. The minimum Gasteiger partial charge on any atom is -0.493 e. The van der Waals surface area contributed by atoms with Gasteiger partial charge in [0.2, 0.25) is 0 Å². The van der Waals surface area contributed by atoms with E-state index in [1.54, 1.807) is 32.4 Å². The van der Waals surface area contributed by atoms with E-state index in [1.807, 2.05) is 6.07 Å². The molecule has 0 fully saturated rings. The van der Waals surface area contributed by atoms with Crippen molar-refractivity contribution in [3.05, 3.63) is 28.8 Å². The van der Waals surface area contributed by atoms with Gasteiger partial charge < -0.3 is 9.47 Å².